The molecule has 2 aliphatic rings. The Hall–Kier alpha value is -1.95. The van der Waals surface area contributed by atoms with E-state index in [0.29, 0.717) is 12.0 Å². The van der Waals surface area contributed by atoms with E-state index in [4.69, 9.17) is 4.74 Å². The predicted octanol–water partition coefficient (Wildman–Crippen LogP) is 1.68. The van der Waals surface area contributed by atoms with E-state index in [-0.39, 0.29) is 30.6 Å². The van der Waals surface area contributed by atoms with Crippen LogP contribution in [0.1, 0.15) is 30.7 Å². The van der Waals surface area contributed by atoms with Crippen molar-refractivity contribution in [3.8, 4) is 0 Å². The number of carbonyl (C=O) groups excluding carboxylic acids is 1. The molecule has 2 heterocycles. The van der Waals surface area contributed by atoms with Crippen LogP contribution in [0.25, 0.3) is 0 Å². The van der Waals surface area contributed by atoms with E-state index in [9.17, 15) is 19.1 Å². The molecule has 1 aromatic rings. The van der Waals surface area contributed by atoms with Crippen LogP contribution in [0, 0.1) is 11.7 Å². The Balaban J connectivity index is 1.61. The summed E-state index contributed by atoms with van der Waals surface area (Å²) < 4.78 is 18.6. The van der Waals surface area contributed by atoms with Crippen molar-refractivity contribution < 1.29 is 23.8 Å². The van der Waals surface area contributed by atoms with Gasteiger partial charge in [-0.2, -0.15) is 0 Å². The lowest BCUT2D eigenvalue weighted by Crippen LogP contribution is -2.39. The van der Waals surface area contributed by atoms with Gasteiger partial charge in [0.15, 0.2) is 0 Å². The third kappa shape index (κ3) is 2.97. The van der Waals surface area contributed by atoms with Gasteiger partial charge in [0.25, 0.3) is 0 Å². The van der Waals surface area contributed by atoms with Crippen molar-refractivity contribution in [2.75, 3.05) is 6.54 Å². The lowest BCUT2D eigenvalue weighted by molar-refractivity contribution is -0.138. The summed E-state index contributed by atoms with van der Waals surface area (Å²) in [5.41, 5.74) is 0.471. The van der Waals surface area contributed by atoms with Gasteiger partial charge in [-0.05, 0) is 37.0 Å². The quantitative estimate of drug-likeness (QED) is 0.868. The Kier molecular flexibility index (Phi) is 4.11. The van der Waals surface area contributed by atoms with Crippen LogP contribution in [-0.2, 0) is 14.3 Å². The second-order valence-electron chi connectivity index (χ2n) is 5.90. The second kappa shape index (κ2) is 6.04. The predicted molar refractivity (Wildman–Crippen MR) is 75.8 cm³/mol. The van der Waals surface area contributed by atoms with Crippen molar-refractivity contribution in [1.82, 2.24) is 5.32 Å². The average Bonchev–Trinajstić information content (AvgIpc) is 3.11. The molecule has 5 nitrogen and oxygen atoms in total. The highest BCUT2D eigenvalue weighted by molar-refractivity contribution is 5.82. The number of carboxylic acid groups (broad SMARTS) is 1. The molecule has 2 bridgehead atoms. The Morgan fingerprint density at radius 2 is 2.05 bits per heavy atom. The van der Waals surface area contributed by atoms with Gasteiger partial charge in [-0.3, -0.25) is 9.59 Å². The monoisotopic (exact) mass is 307 g/mol. The lowest BCUT2D eigenvalue weighted by atomic mass is 9.88. The maximum Gasteiger partial charge on any atom is 0.312 e. The van der Waals surface area contributed by atoms with Gasteiger partial charge in [-0.15, -0.1) is 0 Å². The maximum absolute atomic E-state index is 12.9. The minimum Gasteiger partial charge on any atom is -0.481 e. The first-order valence-corrected chi connectivity index (χ1v) is 7.46. The molecule has 3 rings (SSSR count). The average molecular weight is 307 g/mol. The first-order chi connectivity index (χ1) is 10.5. The minimum atomic E-state index is -1.05. The molecule has 2 aliphatic heterocycles. The zero-order valence-corrected chi connectivity index (χ0v) is 12.0. The number of hydrogen-bond acceptors (Lipinski definition) is 3. The molecular weight excluding hydrogens is 289 g/mol. The van der Waals surface area contributed by atoms with E-state index in [1.807, 2.05) is 0 Å². The van der Waals surface area contributed by atoms with Crippen molar-refractivity contribution in [3.63, 3.8) is 0 Å². The highest BCUT2D eigenvalue weighted by Gasteiger charge is 2.44. The zero-order chi connectivity index (χ0) is 15.7. The van der Waals surface area contributed by atoms with Crippen molar-refractivity contribution in [1.29, 1.82) is 0 Å². The van der Waals surface area contributed by atoms with Gasteiger partial charge in [0.1, 0.15) is 5.82 Å². The Morgan fingerprint density at radius 1 is 1.32 bits per heavy atom. The summed E-state index contributed by atoms with van der Waals surface area (Å²) in [7, 11) is 0. The zero-order valence-electron chi connectivity index (χ0n) is 12.0. The summed E-state index contributed by atoms with van der Waals surface area (Å²) >= 11 is 0. The van der Waals surface area contributed by atoms with E-state index in [1.54, 1.807) is 0 Å². The fourth-order valence-electron chi connectivity index (χ4n) is 3.29. The van der Waals surface area contributed by atoms with E-state index in [1.165, 1.54) is 24.3 Å². The molecule has 4 atom stereocenters. The van der Waals surface area contributed by atoms with Crippen LogP contribution in [0.5, 0.6) is 0 Å². The number of amides is 1. The van der Waals surface area contributed by atoms with Crippen LogP contribution >= 0.6 is 0 Å². The second-order valence-corrected chi connectivity index (χ2v) is 5.90. The lowest BCUT2D eigenvalue weighted by Gasteiger charge is -2.20. The largest absolute Gasteiger partial charge is 0.481 e. The summed E-state index contributed by atoms with van der Waals surface area (Å²) in [4.78, 5) is 23.6. The van der Waals surface area contributed by atoms with E-state index >= 15 is 0 Å². The standard InChI is InChI=1S/C16H18FNO4/c17-10-3-1-9(2-4-10)13(16(20)21)8-18-15(19)12-7-11-5-6-14(12)22-11/h1-4,11-14H,5-8H2,(H,18,19)(H,20,21). The topological polar surface area (TPSA) is 75.6 Å². The first-order valence-electron chi connectivity index (χ1n) is 7.46. The molecule has 0 saturated carbocycles. The molecular formula is C16H18FNO4. The Bertz CT molecular complexity index is 574. The first kappa shape index (κ1) is 15.0. The van der Waals surface area contributed by atoms with Crippen LogP contribution < -0.4 is 5.32 Å². The normalized spacial score (nSPS) is 27.6. The van der Waals surface area contributed by atoms with Gasteiger partial charge < -0.3 is 15.2 Å². The molecule has 0 spiro atoms. The summed E-state index contributed by atoms with van der Waals surface area (Å²) in [5.74, 6) is -2.68. The van der Waals surface area contributed by atoms with E-state index < -0.39 is 17.7 Å². The van der Waals surface area contributed by atoms with Crippen LogP contribution in [-0.4, -0.2) is 35.7 Å². The summed E-state index contributed by atoms with van der Waals surface area (Å²) in [6, 6.07) is 5.30. The van der Waals surface area contributed by atoms with E-state index in [0.717, 1.165) is 12.8 Å². The van der Waals surface area contributed by atoms with Gasteiger partial charge in [-0.25, -0.2) is 4.39 Å². The number of ether oxygens (including phenoxy) is 1. The highest BCUT2D eigenvalue weighted by atomic mass is 19.1. The fraction of sp³-hybridized carbons (Fsp3) is 0.500. The summed E-state index contributed by atoms with van der Waals surface area (Å²) in [5, 5.41) is 12.0. The smallest absolute Gasteiger partial charge is 0.312 e. The molecule has 2 saturated heterocycles. The third-order valence-corrected chi connectivity index (χ3v) is 4.49. The number of aliphatic carboxylic acids is 1. The van der Waals surface area contributed by atoms with Gasteiger partial charge in [-0.1, -0.05) is 12.1 Å². The Morgan fingerprint density at radius 3 is 2.59 bits per heavy atom. The number of rotatable bonds is 5. The molecule has 0 radical (unpaired) electrons. The van der Waals surface area contributed by atoms with Crippen LogP contribution in [0.3, 0.4) is 0 Å². The molecule has 6 heteroatoms. The molecule has 1 aromatic carbocycles. The Labute approximate surface area is 127 Å². The van der Waals surface area contributed by atoms with Crippen molar-refractivity contribution in [2.24, 2.45) is 5.92 Å². The van der Waals surface area contributed by atoms with Crippen LogP contribution in [0.4, 0.5) is 4.39 Å². The molecule has 4 unspecified atom stereocenters. The summed E-state index contributed by atoms with van der Waals surface area (Å²) in [6.07, 6.45) is 2.75. The third-order valence-electron chi connectivity index (χ3n) is 4.49. The number of halogens is 1. The van der Waals surface area contributed by atoms with Gasteiger partial charge in [0.2, 0.25) is 5.91 Å². The summed E-state index contributed by atoms with van der Waals surface area (Å²) in [6.45, 7) is -0.00626. The van der Waals surface area contributed by atoms with Crippen molar-refractivity contribution in [3.05, 3.63) is 35.6 Å². The van der Waals surface area contributed by atoms with Gasteiger partial charge >= 0.3 is 5.97 Å². The van der Waals surface area contributed by atoms with Gasteiger partial charge in [0.05, 0.1) is 24.0 Å². The fourth-order valence-corrected chi connectivity index (χ4v) is 3.29. The minimum absolute atomic E-state index is 0.00626. The SMILES string of the molecule is O=C(O)C(CNC(=O)C1CC2CCC1O2)c1ccc(F)cc1. The number of carbonyl (C=O) groups is 2. The number of nitrogens with one attached hydrogen (secondary N) is 1. The maximum atomic E-state index is 12.9. The molecule has 1 amide bonds. The molecule has 118 valence electrons. The number of benzene rings is 1. The molecule has 2 N–H and O–H groups in total. The highest BCUT2D eigenvalue weighted by Crippen LogP contribution is 2.38. The number of carboxylic acids is 1. The number of hydrogen-bond donors (Lipinski definition) is 2. The van der Waals surface area contributed by atoms with E-state index in [2.05, 4.69) is 5.32 Å². The van der Waals surface area contributed by atoms with Crippen LogP contribution in [0.2, 0.25) is 0 Å². The van der Waals surface area contributed by atoms with Gasteiger partial charge in [0, 0.05) is 6.54 Å². The molecule has 0 aromatic heterocycles. The molecule has 22 heavy (non-hydrogen) atoms. The van der Waals surface area contributed by atoms with Crippen molar-refractivity contribution in [2.45, 2.75) is 37.4 Å². The number of fused-ring (bicyclic) bond motifs is 2. The molecule has 2 fully saturated rings. The molecule has 0 aliphatic carbocycles. The van der Waals surface area contributed by atoms with Crippen LogP contribution in [0.15, 0.2) is 24.3 Å². The van der Waals surface area contributed by atoms with Crippen molar-refractivity contribution >= 4 is 11.9 Å².